The third-order valence-electron chi connectivity index (χ3n) is 2.19. The van der Waals surface area contributed by atoms with E-state index < -0.39 is 12.1 Å². The molecule has 0 fully saturated rings. The van der Waals surface area contributed by atoms with E-state index in [0.717, 1.165) is 6.42 Å². The Bertz CT molecular complexity index is 349. The molecule has 1 rings (SSSR count). The van der Waals surface area contributed by atoms with Crippen LogP contribution in [0.4, 0.5) is 0 Å². The summed E-state index contributed by atoms with van der Waals surface area (Å²) >= 11 is 0. The summed E-state index contributed by atoms with van der Waals surface area (Å²) < 4.78 is 5.35. The lowest BCUT2D eigenvalue weighted by atomic mass is 10.2. The van der Waals surface area contributed by atoms with Crippen LogP contribution in [0, 0.1) is 0 Å². The largest absolute Gasteiger partial charge is 0.479 e. The van der Waals surface area contributed by atoms with E-state index in [2.05, 4.69) is 0 Å². The van der Waals surface area contributed by atoms with Gasteiger partial charge in [0.05, 0.1) is 6.61 Å². The van der Waals surface area contributed by atoms with Gasteiger partial charge in [-0.05, 0) is 24.1 Å². The quantitative estimate of drug-likeness (QED) is 0.773. The van der Waals surface area contributed by atoms with Gasteiger partial charge in [0, 0.05) is 0 Å². The Kier molecular flexibility index (Phi) is 4.79. The minimum atomic E-state index is -0.962. The Labute approximate surface area is 94.5 Å². The number of carboxylic acids is 1. The predicted molar refractivity (Wildman–Crippen MR) is 59.3 cm³/mol. The van der Waals surface area contributed by atoms with Gasteiger partial charge in [-0.25, -0.2) is 4.79 Å². The van der Waals surface area contributed by atoms with Crippen LogP contribution in [0.15, 0.2) is 24.3 Å². The second kappa shape index (κ2) is 6.12. The molecule has 0 amide bonds. The fraction of sp³-hybridized carbons (Fsp3) is 0.417. The molecule has 0 saturated carbocycles. The topological polar surface area (TPSA) is 66.8 Å². The molecule has 2 N–H and O–H groups in total. The van der Waals surface area contributed by atoms with Crippen molar-refractivity contribution in [3.63, 3.8) is 0 Å². The summed E-state index contributed by atoms with van der Waals surface area (Å²) in [7, 11) is 0. The van der Waals surface area contributed by atoms with Crippen LogP contribution >= 0.6 is 0 Å². The number of hydrogen-bond donors (Lipinski definition) is 2. The zero-order valence-corrected chi connectivity index (χ0v) is 9.22. The molecule has 88 valence electrons. The molecule has 0 aromatic heterocycles. The number of aliphatic hydroxyl groups excluding tert-OH is 1. The third kappa shape index (κ3) is 3.55. The van der Waals surface area contributed by atoms with Gasteiger partial charge >= 0.3 is 5.97 Å². The van der Waals surface area contributed by atoms with Crippen molar-refractivity contribution >= 4 is 5.97 Å². The molecule has 0 spiro atoms. The van der Waals surface area contributed by atoms with Crippen molar-refractivity contribution in [3.8, 4) is 5.75 Å². The Hall–Kier alpha value is -1.55. The van der Waals surface area contributed by atoms with Crippen LogP contribution in [0.5, 0.6) is 5.75 Å². The average Bonchev–Trinajstić information content (AvgIpc) is 2.28. The Morgan fingerprint density at radius 2 is 2.25 bits per heavy atom. The van der Waals surface area contributed by atoms with Gasteiger partial charge in [-0.2, -0.15) is 0 Å². The predicted octanol–water partition coefficient (Wildman–Crippen LogP) is 1.81. The van der Waals surface area contributed by atoms with Gasteiger partial charge in [-0.1, -0.05) is 25.5 Å². The van der Waals surface area contributed by atoms with Gasteiger partial charge in [-0.15, -0.1) is 0 Å². The monoisotopic (exact) mass is 224 g/mol. The number of benzene rings is 1. The zero-order chi connectivity index (χ0) is 12.0. The normalized spacial score (nSPS) is 12.1. The minimum Gasteiger partial charge on any atom is -0.479 e. The van der Waals surface area contributed by atoms with Crippen molar-refractivity contribution in [2.75, 3.05) is 0 Å². The number of hydrogen-bond acceptors (Lipinski definition) is 3. The van der Waals surface area contributed by atoms with Gasteiger partial charge in [-0.3, -0.25) is 0 Å². The van der Waals surface area contributed by atoms with E-state index in [1.54, 1.807) is 24.3 Å². The van der Waals surface area contributed by atoms with Crippen molar-refractivity contribution < 1.29 is 19.7 Å². The summed E-state index contributed by atoms with van der Waals surface area (Å²) in [6, 6.07) is 6.81. The minimum absolute atomic E-state index is 0.0806. The van der Waals surface area contributed by atoms with Crippen molar-refractivity contribution in [3.05, 3.63) is 29.8 Å². The Morgan fingerprint density at radius 1 is 1.50 bits per heavy atom. The smallest absolute Gasteiger partial charge is 0.344 e. The molecule has 1 aromatic rings. The van der Waals surface area contributed by atoms with E-state index in [4.69, 9.17) is 14.9 Å². The van der Waals surface area contributed by atoms with Crippen LogP contribution in [0.1, 0.15) is 25.3 Å². The van der Waals surface area contributed by atoms with Crippen molar-refractivity contribution in [2.24, 2.45) is 0 Å². The summed E-state index contributed by atoms with van der Waals surface area (Å²) in [6.07, 6.45) is 0.397. The van der Waals surface area contributed by atoms with Gasteiger partial charge in [0.1, 0.15) is 5.75 Å². The van der Waals surface area contributed by atoms with Gasteiger partial charge in [0.2, 0.25) is 0 Å². The maximum Gasteiger partial charge on any atom is 0.344 e. The summed E-state index contributed by atoms with van der Waals surface area (Å²) in [5.74, 6) is -0.483. The number of aliphatic hydroxyl groups is 1. The lowest BCUT2D eigenvalue weighted by Gasteiger charge is -2.14. The van der Waals surface area contributed by atoms with E-state index in [1.165, 1.54) is 0 Å². The summed E-state index contributed by atoms with van der Waals surface area (Å²) in [4.78, 5) is 10.9. The second-order valence-corrected chi connectivity index (χ2v) is 3.54. The summed E-state index contributed by atoms with van der Waals surface area (Å²) in [5.41, 5.74) is 0.707. The molecule has 16 heavy (non-hydrogen) atoms. The summed E-state index contributed by atoms with van der Waals surface area (Å²) in [6.45, 7) is 1.83. The number of ether oxygens (including phenoxy) is 1. The lowest BCUT2D eigenvalue weighted by molar-refractivity contribution is -0.145. The van der Waals surface area contributed by atoms with E-state index in [-0.39, 0.29) is 6.61 Å². The molecular formula is C12H16O4. The molecule has 0 radical (unpaired) electrons. The molecule has 0 bridgehead atoms. The number of rotatable bonds is 6. The maximum absolute atomic E-state index is 10.9. The fourth-order valence-corrected chi connectivity index (χ4v) is 1.38. The van der Waals surface area contributed by atoms with Crippen LogP contribution in [0.2, 0.25) is 0 Å². The van der Waals surface area contributed by atoms with Crippen LogP contribution in [0.3, 0.4) is 0 Å². The van der Waals surface area contributed by atoms with Crippen LogP contribution in [-0.4, -0.2) is 22.3 Å². The van der Waals surface area contributed by atoms with E-state index in [0.29, 0.717) is 17.7 Å². The van der Waals surface area contributed by atoms with Crippen LogP contribution in [0.25, 0.3) is 0 Å². The highest BCUT2D eigenvalue weighted by molar-refractivity contribution is 5.72. The first kappa shape index (κ1) is 12.5. The molecule has 0 aliphatic heterocycles. The molecular weight excluding hydrogens is 208 g/mol. The number of carboxylic acid groups (broad SMARTS) is 1. The van der Waals surface area contributed by atoms with Crippen molar-refractivity contribution in [1.82, 2.24) is 0 Å². The first-order chi connectivity index (χ1) is 7.67. The van der Waals surface area contributed by atoms with Crippen molar-refractivity contribution in [1.29, 1.82) is 0 Å². The van der Waals surface area contributed by atoms with Gasteiger partial charge < -0.3 is 14.9 Å². The summed E-state index contributed by atoms with van der Waals surface area (Å²) in [5, 5.41) is 17.9. The number of aliphatic carboxylic acids is 1. The zero-order valence-electron chi connectivity index (χ0n) is 9.22. The molecule has 0 heterocycles. The SMILES string of the molecule is CCCC(Oc1cccc(CO)c1)C(=O)O. The molecule has 4 nitrogen and oxygen atoms in total. The fourth-order valence-electron chi connectivity index (χ4n) is 1.38. The lowest BCUT2D eigenvalue weighted by Crippen LogP contribution is -2.26. The van der Waals surface area contributed by atoms with E-state index >= 15 is 0 Å². The highest BCUT2D eigenvalue weighted by Gasteiger charge is 2.17. The molecule has 0 aliphatic carbocycles. The van der Waals surface area contributed by atoms with Crippen molar-refractivity contribution in [2.45, 2.75) is 32.5 Å². The molecule has 0 saturated heterocycles. The molecule has 0 aliphatic rings. The van der Waals surface area contributed by atoms with Crippen LogP contribution < -0.4 is 4.74 Å². The first-order valence-corrected chi connectivity index (χ1v) is 5.26. The first-order valence-electron chi connectivity index (χ1n) is 5.26. The van der Waals surface area contributed by atoms with Gasteiger partial charge in [0.25, 0.3) is 0 Å². The standard InChI is InChI=1S/C12H16O4/c1-2-4-11(12(14)15)16-10-6-3-5-9(7-10)8-13/h3,5-7,11,13H,2,4,8H2,1H3,(H,14,15). The van der Waals surface area contributed by atoms with Gasteiger partial charge in [0.15, 0.2) is 6.10 Å². The molecule has 1 atom stereocenters. The molecule has 4 heteroatoms. The second-order valence-electron chi connectivity index (χ2n) is 3.54. The van der Waals surface area contributed by atoms with E-state index in [1.807, 2.05) is 6.92 Å². The molecule has 1 unspecified atom stereocenters. The Balaban J connectivity index is 2.72. The third-order valence-corrected chi connectivity index (χ3v) is 2.19. The molecule has 1 aromatic carbocycles. The highest BCUT2D eigenvalue weighted by Crippen LogP contribution is 2.16. The van der Waals surface area contributed by atoms with E-state index in [9.17, 15) is 4.79 Å². The average molecular weight is 224 g/mol. The maximum atomic E-state index is 10.9. The number of carbonyl (C=O) groups is 1. The van der Waals surface area contributed by atoms with Crippen LogP contribution in [-0.2, 0) is 11.4 Å². The Morgan fingerprint density at radius 3 is 2.81 bits per heavy atom. The highest BCUT2D eigenvalue weighted by atomic mass is 16.5.